The molecule has 4 nitrogen and oxygen atoms in total. The van der Waals surface area contributed by atoms with Crippen LogP contribution >= 0.6 is 0 Å². The first-order chi connectivity index (χ1) is 12.3. The predicted molar refractivity (Wildman–Crippen MR) is 103 cm³/mol. The summed E-state index contributed by atoms with van der Waals surface area (Å²) < 4.78 is 5.89. The van der Waals surface area contributed by atoms with Gasteiger partial charge in [0, 0.05) is 24.9 Å². The second-order valence-electron chi connectivity index (χ2n) is 6.68. The van der Waals surface area contributed by atoms with Crippen molar-refractivity contribution in [1.82, 2.24) is 16.2 Å². The Morgan fingerprint density at radius 3 is 2.48 bits per heavy atom. The molecule has 1 aliphatic heterocycles. The molecule has 2 aromatic carbocycles. The number of ether oxygens (including phenoxy) is 1. The van der Waals surface area contributed by atoms with Crippen molar-refractivity contribution in [1.29, 1.82) is 0 Å². The summed E-state index contributed by atoms with van der Waals surface area (Å²) >= 11 is 0. The number of rotatable bonds is 8. The molecule has 4 heteroatoms. The van der Waals surface area contributed by atoms with E-state index in [1.807, 2.05) is 6.07 Å². The zero-order valence-electron chi connectivity index (χ0n) is 15.2. The maximum Gasteiger partial charge on any atom is 0.119 e. The highest BCUT2D eigenvalue weighted by molar-refractivity contribution is 5.30. The van der Waals surface area contributed by atoms with Gasteiger partial charge >= 0.3 is 0 Å². The van der Waals surface area contributed by atoms with Crippen LogP contribution in [0.4, 0.5) is 0 Å². The fraction of sp³-hybridized carbons (Fsp3) is 0.429. The van der Waals surface area contributed by atoms with Crippen LogP contribution in [0.3, 0.4) is 0 Å². The van der Waals surface area contributed by atoms with E-state index in [0.717, 1.165) is 25.3 Å². The summed E-state index contributed by atoms with van der Waals surface area (Å²) in [4.78, 5) is 0. The SMILES string of the molecule is CCNCC1C(C)NNC1c1ccc(OCCc2ccccc2)cc1. The summed E-state index contributed by atoms with van der Waals surface area (Å²) in [6, 6.07) is 19.7. The van der Waals surface area contributed by atoms with Gasteiger partial charge in [-0.3, -0.25) is 5.43 Å². The van der Waals surface area contributed by atoms with E-state index < -0.39 is 0 Å². The van der Waals surface area contributed by atoms with Gasteiger partial charge in [-0.15, -0.1) is 0 Å². The highest BCUT2D eigenvalue weighted by Crippen LogP contribution is 2.29. The lowest BCUT2D eigenvalue weighted by Gasteiger charge is -2.21. The first kappa shape index (κ1) is 17.9. The van der Waals surface area contributed by atoms with Crippen LogP contribution in [0.25, 0.3) is 0 Å². The fourth-order valence-electron chi connectivity index (χ4n) is 3.36. The average Bonchev–Trinajstić information content (AvgIpc) is 3.02. The average molecular weight is 339 g/mol. The molecule has 0 radical (unpaired) electrons. The second kappa shape index (κ2) is 8.99. The number of hydrogen-bond acceptors (Lipinski definition) is 4. The summed E-state index contributed by atoms with van der Waals surface area (Å²) in [6.07, 6.45) is 0.930. The Hall–Kier alpha value is -1.88. The second-order valence-corrected chi connectivity index (χ2v) is 6.68. The lowest BCUT2D eigenvalue weighted by atomic mass is 9.90. The Labute approximate surface area is 151 Å². The molecule has 25 heavy (non-hydrogen) atoms. The third-order valence-electron chi connectivity index (χ3n) is 4.91. The van der Waals surface area contributed by atoms with Gasteiger partial charge in [-0.1, -0.05) is 49.4 Å². The van der Waals surface area contributed by atoms with Crippen LogP contribution in [0.15, 0.2) is 54.6 Å². The predicted octanol–water partition coefficient (Wildman–Crippen LogP) is 3.07. The lowest BCUT2D eigenvalue weighted by Crippen LogP contribution is -2.32. The van der Waals surface area contributed by atoms with Gasteiger partial charge in [-0.05, 0) is 36.7 Å². The number of benzene rings is 2. The molecule has 1 heterocycles. The van der Waals surface area contributed by atoms with Gasteiger partial charge in [0.2, 0.25) is 0 Å². The molecule has 0 bridgehead atoms. The molecule has 1 aliphatic rings. The van der Waals surface area contributed by atoms with Crippen LogP contribution in [-0.4, -0.2) is 25.7 Å². The topological polar surface area (TPSA) is 45.3 Å². The highest BCUT2D eigenvalue weighted by Gasteiger charge is 2.33. The molecule has 0 aromatic heterocycles. The van der Waals surface area contributed by atoms with Crippen molar-refractivity contribution in [3.63, 3.8) is 0 Å². The Balaban J connectivity index is 1.54. The summed E-state index contributed by atoms with van der Waals surface area (Å²) in [5.74, 6) is 1.46. The molecular weight excluding hydrogens is 310 g/mol. The van der Waals surface area contributed by atoms with Crippen molar-refractivity contribution in [2.24, 2.45) is 5.92 Å². The number of hydrazine groups is 1. The van der Waals surface area contributed by atoms with Crippen LogP contribution in [-0.2, 0) is 6.42 Å². The molecule has 134 valence electrons. The smallest absolute Gasteiger partial charge is 0.119 e. The Kier molecular flexibility index (Phi) is 6.45. The van der Waals surface area contributed by atoms with E-state index in [-0.39, 0.29) is 0 Å². The van der Waals surface area contributed by atoms with Crippen molar-refractivity contribution in [2.45, 2.75) is 32.4 Å². The maximum atomic E-state index is 5.89. The summed E-state index contributed by atoms with van der Waals surface area (Å²) in [6.45, 7) is 7.10. The number of nitrogens with one attached hydrogen (secondary N) is 3. The zero-order chi connectivity index (χ0) is 17.5. The first-order valence-electron chi connectivity index (χ1n) is 9.26. The molecular formula is C21H29N3O. The molecule has 3 N–H and O–H groups in total. The standard InChI is InChI=1S/C21H29N3O/c1-3-22-15-20-16(2)23-24-21(20)18-9-11-19(12-10-18)25-14-13-17-7-5-4-6-8-17/h4-12,16,20-24H,3,13-15H2,1-2H3. The fourth-order valence-corrected chi connectivity index (χ4v) is 3.36. The normalized spacial score (nSPS) is 22.9. The quantitative estimate of drug-likeness (QED) is 0.692. The van der Waals surface area contributed by atoms with Crippen molar-refractivity contribution in [2.75, 3.05) is 19.7 Å². The summed E-state index contributed by atoms with van der Waals surface area (Å²) in [5.41, 5.74) is 9.42. The Bertz CT molecular complexity index is 629. The van der Waals surface area contributed by atoms with Crippen LogP contribution in [0, 0.1) is 5.92 Å². The molecule has 0 spiro atoms. The van der Waals surface area contributed by atoms with Gasteiger partial charge in [0.1, 0.15) is 5.75 Å². The summed E-state index contributed by atoms with van der Waals surface area (Å²) in [7, 11) is 0. The molecule has 1 fully saturated rings. The number of hydrogen-bond donors (Lipinski definition) is 3. The first-order valence-corrected chi connectivity index (χ1v) is 9.26. The van der Waals surface area contributed by atoms with Crippen LogP contribution in [0.2, 0.25) is 0 Å². The monoisotopic (exact) mass is 339 g/mol. The van der Waals surface area contributed by atoms with E-state index in [2.05, 4.69) is 78.5 Å². The molecule has 1 saturated heterocycles. The van der Waals surface area contributed by atoms with E-state index in [1.165, 1.54) is 11.1 Å². The van der Waals surface area contributed by atoms with Crippen LogP contribution in [0.1, 0.15) is 31.0 Å². The molecule has 0 saturated carbocycles. The van der Waals surface area contributed by atoms with Gasteiger partial charge in [-0.25, -0.2) is 5.43 Å². The molecule has 2 aromatic rings. The minimum Gasteiger partial charge on any atom is -0.493 e. The molecule has 0 aliphatic carbocycles. The highest BCUT2D eigenvalue weighted by atomic mass is 16.5. The van der Waals surface area contributed by atoms with Crippen LogP contribution < -0.4 is 20.9 Å². The zero-order valence-corrected chi connectivity index (χ0v) is 15.2. The third-order valence-corrected chi connectivity index (χ3v) is 4.91. The van der Waals surface area contributed by atoms with E-state index >= 15 is 0 Å². The van der Waals surface area contributed by atoms with E-state index in [0.29, 0.717) is 24.6 Å². The molecule has 3 atom stereocenters. The molecule has 0 amide bonds. The van der Waals surface area contributed by atoms with Gasteiger partial charge in [0.05, 0.1) is 12.6 Å². The Morgan fingerprint density at radius 2 is 1.76 bits per heavy atom. The van der Waals surface area contributed by atoms with Crippen molar-refractivity contribution in [3.05, 3.63) is 65.7 Å². The third kappa shape index (κ3) is 4.82. The van der Waals surface area contributed by atoms with E-state index in [1.54, 1.807) is 0 Å². The van der Waals surface area contributed by atoms with Crippen molar-refractivity contribution < 1.29 is 4.74 Å². The minimum absolute atomic E-state index is 0.326. The molecule has 3 rings (SSSR count). The largest absolute Gasteiger partial charge is 0.493 e. The van der Waals surface area contributed by atoms with Gasteiger partial charge in [0.15, 0.2) is 0 Å². The van der Waals surface area contributed by atoms with Gasteiger partial charge in [-0.2, -0.15) is 0 Å². The maximum absolute atomic E-state index is 5.89. The lowest BCUT2D eigenvalue weighted by molar-refractivity contribution is 0.321. The molecule has 3 unspecified atom stereocenters. The van der Waals surface area contributed by atoms with Crippen molar-refractivity contribution in [3.8, 4) is 5.75 Å². The van der Waals surface area contributed by atoms with E-state index in [4.69, 9.17) is 4.74 Å². The van der Waals surface area contributed by atoms with Crippen molar-refractivity contribution >= 4 is 0 Å². The van der Waals surface area contributed by atoms with Gasteiger partial charge < -0.3 is 10.1 Å². The van der Waals surface area contributed by atoms with E-state index in [9.17, 15) is 0 Å². The van der Waals surface area contributed by atoms with Crippen LogP contribution in [0.5, 0.6) is 5.75 Å². The minimum atomic E-state index is 0.326. The van der Waals surface area contributed by atoms with Gasteiger partial charge in [0.25, 0.3) is 0 Å². The summed E-state index contributed by atoms with van der Waals surface area (Å²) in [5, 5.41) is 3.47. The Morgan fingerprint density at radius 1 is 1.00 bits per heavy atom.